The molecule has 0 nitrogen and oxygen atoms in total. The highest BCUT2D eigenvalue weighted by Crippen LogP contribution is 2.57. The molecule has 3 aromatic rings. The van der Waals surface area contributed by atoms with E-state index in [2.05, 4.69) is 92.5 Å². The van der Waals surface area contributed by atoms with Gasteiger partial charge in [0.05, 0.1) is 0 Å². The fraction of sp³-hybridized carbons (Fsp3) is 0.182. The Labute approximate surface area is 159 Å². The van der Waals surface area contributed by atoms with Crippen LogP contribution in [0.15, 0.2) is 60.7 Å². The normalized spacial score (nSPS) is 19.6. The summed E-state index contributed by atoms with van der Waals surface area (Å²) in [6.07, 6.45) is 0. The molecule has 0 heterocycles. The van der Waals surface area contributed by atoms with Crippen molar-refractivity contribution < 1.29 is 0 Å². The maximum absolute atomic E-state index is 3.71. The molecule has 0 saturated heterocycles. The Kier molecular flexibility index (Phi) is 3.46. The van der Waals surface area contributed by atoms with Crippen LogP contribution < -0.4 is 0 Å². The van der Waals surface area contributed by atoms with Gasteiger partial charge >= 0.3 is 0 Å². The Balaban J connectivity index is 1.91. The van der Waals surface area contributed by atoms with Gasteiger partial charge < -0.3 is 0 Å². The minimum absolute atomic E-state index is 0.365. The lowest BCUT2D eigenvalue weighted by Crippen LogP contribution is -2.29. The molecule has 0 aliphatic heterocycles. The topological polar surface area (TPSA) is 0 Å². The van der Waals surface area contributed by atoms with Crippen LogP contribution in [0, 0.1) is 0 Å². The van der Waals surface area contributed by atoms with E-state index >= 15 is 0 Å². The predicted molar refractivity (Wildman–Crippen MR) is 106 cm³/mol. The lowest BCUT2D eigenvalue weighted by Gasteiger charge is -2.44. The van der Waals surface area contributed by atoms with Crippen LogP contribution in [0.5, 0.6) is 0 Å². The van der Waals surface area contributed by atoms with Gasteiger partial charge in [-0.1, -0.05) is 92.5 Å². The third-order valence-electron chi connectivity index (χ3n) is 5.57. The molecule has 0 N–H and O–H groups in total. The van der Waals surface area contributed by atoms with Gasteiger partial charge in [0.1, 0.15) is 0 Å². The number of hydrogen-bond donors (Lipinski definition) is 0. The summed E-state index contributed by atoms with van der Waals surface area (Å²) in [6.45, 7) is 0. The first-order valence-electron chi connectivity index (χ1n) is 8.29. The maximum atomic E-state index is 3.71. The summed E-state index contributed by atoms with van der Waals surface area (Å²) in [5.74, 6) is 0.730. The van der Waals surface area contributed by atoms with Crippen LogP contribution in [0.1, 0.15) is 56.3 Å². The average Bonchev–Trinajstić information content (AvgIpc) is 2.66. The van der Waals surface area contributed by atoms with Gasteiger partial charge in [-0.3, -0.25) is 0 Å². The molecule has 0 radical (unpaired) electrons. The molecular weight excluding hydrogens is 424 g/mol. The molecule has 0 fully saturated rings. The van der Waals surface area contributed by atoms with Crippen LogP contribution in [-0.4, -0.2) is 0 Å². The van der Waals surface area contributed by atoms with Crippen molar-refractivity contribution >= 4 is 31.9 Å². The van der Waals surface area contributed by atoms with Crippen LogP contribution >= 0.6 is 31.9 Å². The van der Waals surface area contributed by atoms with Gasteiger partial charge in [0.25, 0.3) is 0 Å². The average molecular weight is 440 g/mol. The SMILES string of the molecule is BrCc1cccc2c1C1c3ccccc3C2c2c(CBr)cccc21. The van der Waals surface area contributed by atoms with E-state index in [1.54, 1.807) is 0 Å². The Hall–Kier alpha value is -1.38. The fourth-order valence-electron chi connectivity index (χ4n) is 4.70. The first-order chi connectivity index (χ1) is 11.8. The van der Waals surface area contributed by atoms with Crippen LogP contribution in [0.4, 0.5) is 0 Å². The molecule has 3 aromatic carbocycles. The van der Waals surface area contributed by atoms with E-state index in [1.807, 2.05) is 0 Å². The predicted octanol–water partition coefficient (Wildman–Crippen LogP) is 6.46. The molecule has 6 rings (SSSR count). The van der Waals surface area contributed by atoms with Crippen molar-refractivity contribution in [2.75, 3.05) is 0 Å². The highest BCUT2D eigenvalue weighted by Gasteiger charge is 2.42. The minimum atomic E-state index is 0.365. The zero-order valence-corrected chi connectivity index (χ0v) is 16.3. The Morgan fingerprint density at radius 2 is 0.958 bits per heavy atom. The van der Waals surface area contributed by atoms with Crippen molar-refractivity contribution in [1.29, 1.82) is 0 Å². The first kappa shape index (κ1) is 14.9. The molecule has 0 saturated carbocycles. The summed E-state index contributed by atoms with van der Waals surface area (Å²) in [6, 6.07) is 22.7. The molecular formula is C22H16Br2. The molecule has 0 amide bonds. The second-order valence-electron chi connectivity index (χ2n) is 6.60. The largest absolute Gasteiger partial charge is 0.0876 e. The number of benzene rings is 3. The summed E-state index contributed by atoms with van der Waals surface area (Å²) in [4.78, 5) is 0. The van der Waals surface area contributed by atoms with Crippen LogP contribution in [0.2, 0.25) is 0 Å². The molecule has 3 aliphatic rings. The van der Waals surface area contributed by atoms with Gasteiger partial charge in [-0.05, 0) is 44.5 Å². The minimum Gasteiger partial charge on any atom is -0.0876 e. The maximum Gasteiger partial charge on any atom is 0.0352 e. The van der Waals surface area contributed by atoms with E-state index in [-0.39, 0.29) is 0 Å². The van der Waals surface area contributed by atoms with Crippen molar-refractivity contribution in [2.24, 2.45) is 0 Å². The van der Waals surface area contributed by atoms with Crippen molar-refractivity contribution in [3.8, 4) is 0 Å². The zero-order valence-electron chi connectivity index (χ0n) is 13.1. The van der Waals surface area contributed by atoms with E-state index in [9.17, 15) is 0 Å². The number of halogens is 2. The third kappa shape index (κ3) is 1.84. The Morgan fingerprint density at radius 3 is 1.38 bits per heavy atom. The smallest absolute Gasteiger partial charge is 0.0352 e. The van der Waals surface area contributed by atoms with Crippen LogP contribution in [0.25, 0.3) is 0 Å². The molecule has 118 valence electrons. The summed E-state index contributed by atoms with van der Waals surface area (Å²) in [7, 11) is 0. The Bertz CT molecular complexity index is 879. The molecule has 24 heavy (non-hydrogen) atoms. The van der Waals surface area contributed by atoms with Crippen molar-refractivity contribution in [3.05, 3.63) is 105 Å². The van der Waals surface area contributed by atoms with E-state index in [0.717, 1.165) is 10.7 Å². The molecule has 2 unspecified atom stereocenters. The highest BCUT2D eigenvalue weighted by atomic mass is 79.9. The monoisotopic (exact) mass is 438 g/mol. The Morgan fingerprint density at radius 1 is 0.542 bits per heavy atom. The van der Waals surface area contributed by atoms with E-state index in [4.69, 9.17) is 0 Å². The van der Waals surface area contributed by atoms with Crippen molar-refractivity contribution in [3.63, 3.8) is 0 Å². The van der Waals surface area contributed by atoms with E-state index in [1.165, 1.54) is 44.5 Å². The van der Waals surface area contributed by atoms with Crippen molar-refractivity contribution in [2.45, 2.75) is 22.5 Å². The highest BCUT2D eigenvalue weighted by molar-refractivity contribution is 9.08. The van der Waals surface area contributed by atoms with Gasteiger partial charge in [0.15, 0.2) is 0 Å². The van der Waals surface area contributed by atoms with Gasteiger partial charge in [-0.25, -0.2) is 0 Å². The van der Waals surface area contributed by atoms with Gasteiger partial charge in [0.2, 0.25) is 0 Å². The van der Waals surface area contributed by atoms with E-state index in [0.29, 0.717) is 11.8 Å². The molecule has 2 heteroatoms. The van der Waals surface area contributed by atoms with Gasteiger partial charge in [-0.15, -0.1) is 0 Å². The van der Waals surface area contributed by atoms with Crippen LogP contribution in [-0.2, 0) is 10.7 Å². The summed E-state index contributed by atoms with van der Waals surface area (Å²) in [5, 5.41) is 1.82. The number of hydrogen-bond acceptors (Lipinski definition) is 0. The molecule has 3 aliphatic carbocycles. The molecule has 0 aromatic heterocycles. The van der Waals surface area contributed by atoms with Gasteiger partial charge in [-0.2, -0.15) is 0 Å². The summed E-state index contributed by atoms with van der Waals surface area (Å²) >= 11 is 7.42. The quantitative estimate of drug-likeness (QED) is 0.277. The van der Waals surface area contributed by atoms with Crippen molar-refractivity contribution in [1.82, 2.24) is 0 Å². The zero-order chi connectivity index (χ0) is 16.3. The van der Waals surface area contributed by atoms with E-state index < -0.39 is 0 Å². The summed E-state index contributed by atoms with van der Waals surface area (Å²) < 4.78 is 0. The summed E-state index contributed by atoms with van der Waals surface area (Å²) in [5.41, 5.74) is 11.9. The fourth-order valence-corrected chi connectivity index (χ4v) is 5.68. The first-order valence-corrected chi connectivity index (χ1v) is 10.5. The van der Waals surface area contributed by atoms with Gasteiger partial charge in [0, 0.05) is 22.5 Å². The molecule has 0 spiro atoms. The second kappa shape index (κ2) is 5.57. The standard InChI is InChI=1S/C22H16Br2/c23-11-13-5-4-10-18-19(13)21-15-7-1-2-8-16(15)22(18)20-14(12-24)6-3-9-17(20)21/h1-10,21-22H,11-12H2. The number of alkyl halides is 2. The van der Waals surface area contributed by atoms with Crippen LogP contribution in [0.3, 0.4) is 0 Å². The second-order valence-corrected chi connectivity index (χ2v) is 7.72. The lowest BCUT2D eigenvalue weighted by atomic mass is 9.59. The number of rotatable bonds is 2. The molecule has 2 atom stereocenters. The molecule has 2 bridgehead atoms. The third-order valence-corrected chi connectivity index (χ3v) is 6.77. The lowest BCUT2D eigenvalue weighted by molar-refractivity contribution is 0.742.